The van der Waals surface area contributed by atoms with Crippen LogP contribution < -0.4 is 10.6 Å². The monoisotopic (exact) mass is 248 g/mol. The number of ether oxygens (including phenoxy) is 1. The average molecular weight is 248 g/mol. The third-order valence-corrected chi connectivity index (χ3v) is 3.68. The van der Waals surface area contributed by atoms with Gasteiger partial charge in [0, 0.05) is 18.8 Å². The first-order valence-electron chi connectivity index (χ1n) is 6.34. The molecule has 98 valence electrons. The van der Waals surface area contributed by atoms with Crippen molar-refractivity contribution in [2.24, 2.45) is 0 Å². The number of nitrogens with two attached hydrogens (primary N) is 1. The molecule has 1 aromatic rings. The van der Waals surface area contributed by atoms with E-state index >= 15 is 0 Å². The van der Waals surface area contributed by atoms with E-state index in [2.05, 4.69) is 4.90 Å². The molecule has 0 amide bonds. The topological polar surface area (TPSA) is 55.6 Å². The summed E-state index contributed by atoms with van der Waals surface area (Å²) in [6.45, 7) is 0. The highest BCUT2D eigenvalue weighted by atomic mass is 16.5. The van der Waals surface area contributed by atoms with E-state index < -0.39 is 0 Å². The van der Waals surface area contributed by atoms with Crippen molar-refractivity contribution in [3.63, 3.8) is 0 Å². The average Bonchev–Trinajstić information content (AvgIpc) is 2.90. The summed E-state index contributed by atoms with van der Waals surface area (Å²) >= 11 is 0. The van der Waals surface area contributed by atoms with Crippen molar-refractivity contribution in [1.29, 1.82) is 0 Å². The molecule has 0 radical (unpaired) electrons. The lowest BCUT2D eigenvalue weighted by atomic mass is 10.1. The van der Waals surface area contributed by atoms with Crippen LogP contribution in [0.3, 0.4) is 0 Å². The highest BCUT2D eigenvalue weighted by Crippen LogP contribution is 2.30. The number of esters is 1. The van der Waals surface area contributed by atoms with Crippen molar-refractivity contribution < 1.29 is 9.53 Å². The number of nitrogen functional groups attached to an aromatic ring is 1. The number of hydrogen-bond acceptors (Lipinski definition) is 4. The largest absolute Gasteiger partial charge is 0.465 e. The van der Waals surface area contributed by atoms with E-state index in [-0.39, 0.29) is 5.97 Å². The number of methoxy groups -OCH3 is 1. The van der Waals surface area contributed by atoms with Crippen molar-refractivity contribution in [2.75, 3.05) is 24.8 Å². The van der Waals surface area contributed by atoms with Crippen molar-refractivity contribution >= 4 is 17.3 Å². The minimum Gasteiger partial charge on any atom is -0.465 e. The fourth-order valence-corrected chi connectivity index (χ4v) is 2.62. The second-order valence-electron chi connectivity index (χ2n) is 4.82. The molecule has 4 nitrogen and oxygen atoms in total. The van der Waals surface area contributed by atoms with Gasteiger partial charge >= 0.3 is 5.97 Å². The van der Waals surface area contributed by atoms with E-state index in [1.807, 2.05) is 19.2 Å². The first-order chi connectivity index (χ1) is 8.63. The molecular formula is C14H20N2O2. The zero-order valence-corrected chi connectivity index (χ0v) is 11.0. The van der Waals surface area contributed by atoms with Gasteiger partial charge in [0.15, 0.2) is 0 Å². The third kappa shape index (κ3) is 2.42. The summed E-state index contributed by atoms with van der Waals surface area (Å²) in [6.07, 6.45) is 4.89. The van der Waals surface area contributed by atoms with Crippen molar-refractivity contribution in [1.82, 2.24) is 0 Å². The van der Waals surface area contributed by atoms with Gasteiger partial charge in [-0.2, -0.15) is 0 Å². The van der Waals surface area contributed by atoms with Crippen LogP contribution in [0.2, 0.25) is 0 Å². The predicted molar refractivity (Wildman–Crippen MR) is 72.9 cm³/mol. The second kappa shape index (κ2) is 5.29. The van der Waals surface area contributed by atoms with Gasteiger partial charge in [0.25, 0.3) is 0 Å². The Balaban J connectivity index is 2.33. The molecule has 0 saturated heterocycles. The number of rotatable bonds is 3. The third-order valence-electron chi connectivity index (χ3n) is 3.68. The fraction of sp³-hybridized carbons (Fsp3) is 0.500. The van der Waals surface area contributed by atoms with Crippen LogP contribution in [0.15, 0.2) is 18.2 Å². The van der Waals surface area contributed by atoms with Crippen LogP contribution in [0.25, 0.3) is 0 Å². The molecule has 1 fully saturated rings. The number of carbonyl (C=O) groups excluding carboxylic acids is 1. The molecule has 1 aromatic carbocycles. The van der Waals surface area contributed by atoms with Gasteiger partial charge in [-0.25, -0.2) is 4.79 Å². The number of hydrogen-bond donors (Lipinski definition) is 1. The maximum atomic E-state index is 11.8. The molecule has 2 rings (SSSR count). The van der Waals surface area contributed by atoms with Gasteiger partial charge in [0.2, 0.25) is 0 Å². The molecule has 0 aromatic heterocycles. The molecule has 0 spiro atoms. The summed E-state index contributed by atoms with van der Waals surface area (Å²) in [5.41, 5.74) is 7.78. The summed E-state index contributed by atoms with van der Waals surface area (Å²) in [5.74, 6) is -0.331. The Morgan fingerprint density at radius 3 is 2.67 bits per heavy atom. The molecule has 0 heterocycles. The summed E-state index contributed by atoms with van der Waals surface area (Å²) in [5, 5.41) is 0. The number of nitrogens with zero attached hydrogens (tertiary/aromatic N) is 1. The maximum absolute atomic E-state index is 11.8. The van der Waals surface area contributed by atoms with Gasteiger partial charge in [0.1, 0.15) is 0 Å². The van der Waals surface area contributed by atoms with Crippen LogP contribution in [-0.4, -0.2) is 26.2 Å². The zero-order valence-electron chi connectivity index (χ0n) is 11.0. The Kier molecular flexibility index (Phi) is 3.75. The first-order valence-corrected chi connectivity index (χ1v) is 6.34. The highest BCUT2D eigenvalue weighted by molar-refractivity contribution is 5.97. The Labute approximate surface area is 108 Å². The van der Waals surface area contributed by atoms with Crippen molar-refractivity contribution in [3.8, 4) is 0 Å². The maximum Gasteiger partial charge on any atom is 0.340 e. The molecule has 0 unspecified atom stereocenters. The minimum absolute atomic E-state index is 0.331. The van der Waals surface area contributed by atoms with Crippen molar-refractivity contribution in [2.45, 2.75) is 31.7 Å². The minimum atomic E-state index is -0.331. The van der Waals surface area contributed by atoms with Gasteiger partial charge in [-0.05, 0) is 31.0 Å². The summed E-state index contributed by atoms with van der Waals surface area (Å²) in [6, 6.07) is 5.93. The van der Waals surface area contributed by atoms with Gasteiger partial charge in [-0.3, -0.25) is 0 Å². The highest BCUT2D eigenvalue weighted by Gasteiger charge is 2.23. The van der Waals surface area contributed by atoms with Crippen LogP contribution in [0, 0.1) is 0 Å². The van der Waals surface area contributed by atoms with E-state index in [0.29, 0.717) is 17.3 Å². The van der Waals surface area contributed by atoms with E-state index in [1.54, 1.807) is 6.07 Å². The Bertz CT molecular complexity index is 439. The van der Waals surface area contributed by atoms with Gasteiger partial charge < -0.3 is 15.4 Å². The predicted octanol–water partition coefficient (Wildman–Crippen LogP) is 2.43. The smallest absolute Gasteiger partial charge is 0.340 e. The van der Waals surface area contributed by atoms with Gasteiger partial charge in [-0.1, -0.05) is 12.8 Å². The Morgan fingerprint density at radius 1 is 1.39 bits per heavy atom. The molecule has 1 aliphatic carbocycles. The molecule has 4 heteroatoms. The van der Waals surface area contributed by atoms with E-state index in [9.17, 15) is 4.79 Å². The summed E-state index contributed by atoms with van der Waals surface area (Å²) < 4.78 is 4.82. The molecule has 2 N–H and O–H groups in total. The molecular weight excluding hydrogens is 228 g/mol. The van der Waals surface area contributed by atoms with Crippen LogP contribution >= 0.6 is 0 Å². The Morgan fingerprint density at radius 2 is 2.06 bits per heavy atom. The molecule has 0 atom stereocenters. The van der Waals surface area contributed by atoms with Crippen LogP contribution in [0.5, 0.6) is 0 Å². The molecule has 1 saturated carbocycles. The molecule has 0 bridgehead atoms. The quantitative estimate of drug-likeness (QED) is 0.659. The van der Waals surface area contributed by atoms with E-state index in [4.69, 9.17) is 10.5 Å². The standard InChI is InChI=1S/C14H20N2O2/c1-16(11-5-3-4-6-11)13-8-7-10(15)9-12(13)14(17)18-2/h7-9,11H,3-6,15H2,1-2H3. The first kappa shape index (κ1) is 12.7. The summed E-state index contributed by atoms with van der Waals surface area (Å²) in [4.78, 5) is 14.0. The molecule has 1 aliphatic rings. The van der Waals surface area contributed by atoms with Gasteiger partial charge in [0.05, 0.1) is 18.4 Å². The van der Waals surface area contributed by atoms with Crippen LogP contribution in [0.4, 0.5) is 11.4 Å². The van der Waals surface area contributed by atoms with E-state index in [0.717, 1.165) is 5.69 Å². The lowest BCUT2D eigenvalue weighted by Crippen LogP contribution is -2.30. The fourth-order valence-electron chi connectivity index (χ4n) is 2.62. The lowest BCUT2D eigenvalue weighted by Gasteiger charge is -2.28. The van der Waals surface area contributed by atoms with Crippen molar-refractivity contribution in [3.05, 3.63) is 23.8 Å². The zero-order chi connectivity index (χ0) is 13.1. The van der Waals surface area contributed by atoms with Gasteiger partial charge in [-0.15, -0.1) is 0 Å². The summed E-state index contributed by atoms with van der Waals surface area (Å²) in [7, 11) is 3.43. The number of anilines is 2. The van der Waals surface area contributed by atoms with Crippen LogP contribution in [-0.2, 0) is 4.74 Å². The molecule has 18 heavy (non-hydrogen) atoms. The normalized spacial score (nSPS) is 15.7. The molecule has 0 aliphatic heterocycles. The lowest BCUT2D eigenvalue weighted by molar-refractivity contribution is 0.0601. The second-order valence-corrected chi connectivity index (χ2v) is 4.82. The number of benzene rings is 1. The SMILES string of the molecule is COC(=O)c1cc(N)ccc1N(C)C1CCCC1. The number of carbonyl (C=O) groups is 1. The van der Waals surface area contributed by atoms with Crippen LogP contribution in [0.1, 0.15) is 36.0 Å². The van der Waals surface area contributed by atoms with E-state index in [1.165, 1.54) is 32.8 Å². The Hall–Kier alpha value is -1.71.